The quantitative estimate of drug-likeness (QED) is 0.496. The monoisotopic (exact) mass is 308 g/mol. The fourth-order valence-electron chi connectivity index (χ4n) is 2.39. The second kappa shape index (κ2) is 5.06. The molecule has 21 heavy (non-hydrogen) atoms. The van der Waals surface area contributed by atoms with E-state index >= 15 is 0 Å². The molecule has 0 aliphatic heterocycles. The van der Waals surface area contributed by atoms with Crippen molar-refractivity contribution in [2.24, 2.45) is 0 Å². The zero-order valence-electron chi connectivity index (χ0n) is 11.4. The van der Waals surface area contributed by atoms with Gasteiger partial charge in [0, 0.05) is 0 Å². The summed E-state index contributed by atoms with van der Waals surface area (Å²) in [6.07, 6.45) is 0. The van der Waals surface area contributed by atoms with Crippen LogP contribution >= 0.6 is 22.7 Å². The molecule has 0 amide bonds. The van der Waals surface area contributed by atoms with Crippen molar-refractivity contribution >= 4 is 33.7 Å². The summed E-state index contributed by atoms with van der Waals surface area (Å²) in [4.78, 5) is 12.1. The van der Waals surface area contributed by atoms with Gasteiger partial charge in [0.15, 0.2) is 0 Å². The number of para-hydroxylation sites is 1. The Morgan fingerprint density at radius 2 is 1.43 bits per heavy atom. The zero-order chi connectivity index (χ0) is 14.2. The number of benzene rings is 1. The highest BCUT2D eigenvalue weighted by atomic mass is 32.1. The molecule has 0 aliphatic rings. The van der Waals surface area contributed by atoms with E-state index in [4.69, 9.17) is 9.97 Å². The average Bonchev–Trinajstić information content (AvgIpc) is 3.20. The molecule has 0 radical (unpaired) electrons. The number of aromatic nitrogens is 2. The van der Waals surface area contributed by atoms with Crippen LogP contribution in [-0.2, 0) is 0 Å². The van der Waals surface area contributed by atoms with E-state index in [1.165, 1.54) is 0 Å². The van der Waals surface area contributed by atoms with Gasteiger partial charge in [-0.15, -0.1) is 22.7 Å². The van der Waals surface area contributed by atoms with Gasteiger partial charge < -0.3 is 0 Å². The van der Waals surface area contributed by atoms with Gasteiger partial charge in [-0.05, 0) is 41.4 Å². The number of nitrogens with zero attached hydrogens (tertiary/aromatic N) is 2. The van der Waals surface area contributed by atoms with Crippen molar-refractivity contribution in [3.63, 3.8) is 0 Å². The maximum Gasteiger partial charge on any atom is 0.108 e. The predicted molar refractivity (Wildman–Crippen MR) is 90.9 cm³/mol. The molecule has 0 saturated heterocycles. The second-order valence-electron chi connectivity index (χ2n) is 4.82. The van der Waals surface area contributed by atoms with Crippen molar-refractivity contribution in [1.29, 1.82) is 0 Å². The van der Waals surface area contributed by atoms with E-state index in [0.29, 0.717) is 0 Å². The molecule has 0 atom stereocenters. The van der Waals surface area contributed by atoms with Crippen LogP contribution in [0.4, 0.5) is 0 Å². The van der Waals surface area contributed by atoms with Crippen molar-refractivity contribution < 1.29 is 0 Å². The van der Waals surface area contributed by atoms with Crippen LogP contribution in [0.2, 0.25) is 0 Å². The third-order valence-corrected chi connectivity index (χ3v) is 5.16. The van der Waals surface area contributed by atoms with E-state index in [1.54, 1.807) is 22.7 Å². The topological polar surface area (TPSA) is 25.8 Å². The fraction of sp³-hybridized carbons (Fsp3) is 0.0588. The molecule has 0 N–H and O–H groups in total. The molecule has 4 heteroatoms. The Hall–Kier alpha value is -2.04. The first-order chi connectivity index (χ1) is 10.3. The van der Waals surface area contributed by atoms with Crippen LogP contribution in [0.3, 0.4) is 0 Å². The smallest absolute Gasteiger partial charge is 0.108 e. The van der Waals surface area contributed by atoms with Crippen LogP contribution in [0.1, 0.15) is 5.56 Å². The molecule has 0 unspecified atom stereocenters. The highest BCUT2D eigenvalue weighted by Crippen LogP contribution is 2.35. The molecule has 3 heterocycles. The summed E-state index contributed by atoms with van der Waals surface area (Å²) in [6, 6.07) is 14.5. The summed E-state index contributed by atoms with van der Waals surface area (Å²) in [5.74, 6) is 0. The Balaban J connectivity index is 2.08. The van der Waals surface area contributed by atoms with E-state index in [-0.39, 0.29) is 0 Å². The SMILES string of the molecule is Cc1cccc2nc(-c3cccs3)c(-c3cccs3)nc12. The minimum atomic E-state index is 0.957. The molecule has 0 spiro atoms. The molecule has 0 fully saturated rings. The maximum absolute atomic E-state index is 4.93. The van der Waals surface area contributed by atoms with E-state index < -0.39 is 0 Å². The summed E-state index contributed by atoms with van der Waals surface area (Å²) < 4.78 is 0. The van der Waals surface area contributed by atoms with Gasteiger partial charge in [0.2, 0.25) is 0 Å². The minimum Gasteiger partial charge on any atom is -0.243 e. The number of fused-ring (bicyclic) bond motifs is 1. The molecular weight excluding hydrogens is 296 g/mol. The Bertz CT molecular complexity index is 894. The maximum atomic E-state index is 4.93. The zero-order valence-corrected chi connectivity index (χ0v) is 13.0. The van der Waals surface area contributed by atoms with Crippen molar-refractivity contribution in [2.45, 2.75) is 6.92 Å². The van der Waals surface area contributed by atoms with Gasteiger partial charge in [-0.2, -0.15) is 0 Å². The molecule has 4 rings (SSSR count). The number of aryl methyl sites for hydroxylation is 1. The van der Waals surface area contributed by atoms with Gasteiger partial charge >= 0.3 is 0 Å². The normalized spacial score (nSPS) is 11.1. The number of hydrogen-bond donors (Lipinski definition) is 0. The molecule has 0 saturated carbocycles. The van der Waals surface area contributed by atoms with Crippen LogP contribution in [0.5, 0.6) is 0 Å². The third-order valence-electron chi connectivity index (χ3n) is 3.41. The van der Waals surface area contributed by atoms with Crippen LogP contribution in [-0.4, -0.2) is 9.97 Å². The average molecular weight is 308 g/mol. The van der Waals surface area contributed by atoms with E-state index in [0.717, 1.165) is 37.7 Å². The van der Waals surface area contributed by atoms with Crippen molar-refractivity contribution in [1.82, 2.24) is 9.97 Å². The largest absolute Gasteiger partial charge is 0.243 e. The minimum absolute atomic E-state index is 0.957. The van der Waals surface area contributed by atoms with E-state index in [1.807, 2.05) is 12.1 Å². The Kier molecular flexibility index (Phi) is 3.05. The lowest BCUT2D eigenvalue weighted by Gasteiger charge is -2.08. The summed E-state index contributed by atoms with van der Waals surface area (Å²) >= 11 is 3.41. The Morgan fingerprint density at radius 3 is 2.05 bits per heavy atom. The fourth-order valence-corrected chi connectivity index (χ4v) is 3.82. The Morgan fingerprint density at radius 1 is 0.762 bits per heavy atom. The lowest BCUT2D eigenvalue weighted by Crippen LogP contribution is -1.94. The molecule has 102 valence electrons. The van der Waals surface area contributed by atoms with Gasteiger partial charge in [0.25, 0.3) is 0 Å². The van der Waals surface area contributed by atoms with E-state index in [9.17, 15) is 0 Å². The molecule has 0 bridgehead atoms. The molecule has 0 aliphatic carbocycles. The van der Waals surface area contributed by atoms with Crippen molar-refractivity contribution in [2.75, 3.05) is 0 Å². The second-order valence-corrected chi connectivity index (χ2v) is 6.71. The predicted octanol–water partition coefficient (Wildman–Crippen LogP) is 5.40. The summed E-state index contributed by atoms with van der Waals surface area (Å²) in [5, 5.41) is 4.16. The summed E-state index contributed by atoms with van der Waals surface area (Å²) in [6.45, 7) is 2.08. The first kappa shape index (κ1) is 12.7. The van der Waals surface area contributed by atoms with Crippen LogP contribution < -0.4 is 0 Å². The van der Waals surface area contributed by atoms with Crippen molar-refractivity contribution in [3.8, 4) is 21.1 Å². The number of thiophene rings is 2. The molecule has 3 aromatic heterocycles. The van der Waals surface area contributed by atoms with Gasteiger partial charge in [-0.25, -0.2) is 9.97 Å². The first-order valence-corrected chi connectivity index (χ1v) is 8.44. The highest BCUT2D eigenvalue weighted by Gasteiger charge is 2.15. The molecule has 4 aromatic rings. The standard InChI is InChI=1S/C17H12N2S2/c1-11-5-2-6-12-15(11)19-17(14-8-4-10-21-14)16(18-12)13-7-3-9-20-13/h2-10H,1H3. The highest BCUT2D eigenvalue weighted by molar-refractivity contribution is 7.14. The number of hydrogen-bond acceptors (Lipinski definition) is 4. The first-order valence-electron chi connectivity index (χ1n) is 6.68. The van der Waals surface area contributed by atoms with E-state index in [2.05, 4.69) is 48.0 Å². The van der Waals surface area contributed by atoms with Gasteiger partial charge in [0.1, 0.15) is 11.4 Å². The number of rotatable bonds is 2. The van der Waals surface area contributed by atoms with Crippen molar-refractivity contribution in [3.05, 3.63) is 58.8 Å². The lowest BCUT2D eigenvalue weighted by molar-refractivity contribution is 1.29. The molecule has 2 nitrogen and oxygen atoms in total. The van der Waals surface area contributed by atoms with Crippen LogP contribution in [0.15, 0.2) is 53.2 Å². The Labute approximate surface area is 130 Å². The van der Waals surface area contributed by atoms with Crippen LogP contribution in [0, 0.1) is 6.92 Å². The lowest BCUT2D eigenvalue weighted by atomic mass is 10.1. The third kappa shape index (κ3) is 2.17. The van der Waals surface area contributed by atoms with Crippen LogP contribution in [0.25, 0.3) is 32.2 Å². The van der Waals surface area contributed by atoms with Gasteiger partial charge in [0.05, 0.1) is 20.8 Å². The molecular formula is C17H12N2S2. The molecule has 1 aromatic carbocycles. The summed E-state index contributed by atoms with van der Waals surface area (Å²) in [7, 11) is 0. The van der Waals surface area contributed by atoms with Gasteiger partial charge in [-0.3, -0.25) is 0 Å². The van der Waals surface area contributed by atoms with Gasteiger partial charge in [-0.1, -0.05) is 24.3 Å². The summed E-state index contributed by atoms with van der Waals surface area (Å²) in [5.41, 5.74) is 5.07.